The minimum absolute atomic E-state index is 0.208. The number of carbonyl (C=O) groups is 2. The van der Waals surface area contributed by atoms with Gasteiger partial charge in [0.2, 0.25) is 0 Å². The van der Waals surface area contributed by atoms with Crippen molar-refractivity contribution >= 4 is 33.5 Å². The number of carbonyl (C=O) groups excluding carboxylic acids is 2. The molecule has 0 fully saturated rings. The van der Waals surface area contributed by atoms with Gasteiger partial charge >= 0.3 is 11.9 Å². The van der Waals surface area contributed by atoms with Gasteiger partial charge in [-0.1, -0.05) is 249 Å². The van der Waals surface area contributed by atoms with Crippen molar-refractivity contribution in [3.63, 3.8) is 0 Å². The summed E-state index contributed by atoms with van der Waals surface area (Å²) in [7, 11) is 0. The Bertz CT molecular complexity index is 4350. The van der Waals surface area contributed by atoms with Crippen LogP contribution in [-0.2, 0) is 12.8 Å². The molecule has 0 saturated carbocycles. The highest BCUT2D eigenvalue weighted by Crippen LogP contribution is 2.48. The Hall–Kier alpha value is -10.4. The number of hydrogen-bond donors (Lipinski definition) is 0. The summed E-state index contributed by atoms with van der Waals surface area (Å²) in [5.74, 6) is -1.26. The Balaban J connectivity index is 0.923. The molecule has 0 atom stereocenters. The minimum atomic E-state index is -0.622. The Morgan fingerprint density at radius 2 is 0.583 bits per heavy atom. The van der Waals surface area contributed by atoms with E-state index < -0.39 is 23.6 Å². The molecule has 0 aliphatic heterocycles. The van der Waals surface area contributed by atoms with Gasteiger partial charge in [-0.25, -0.2) is 18.4 Å². The third kappa shape index (κ3) is 15.5. The second-order valence-electron chi connectivity index (χ2n) is 24.8. The molecule has 6 nitrogen and oxygen atoms in total. The zero-order chi connectivity index (χ0) is 66.3. The third-order valence-corrected chi connectivity index (χ3v) is 18.0. The first-order chi connectivity index (χ1) is 47.0. The van der Waals surface area contributed by atoms with Crippen LogP contribution in [0.3, 0.4) is 0 Å². The Kier molecular flexibility index (Phi) is 21.3. The molecule has 0 spiro atoms. The molecule has 12 aromatic rings. The summed E-state index contributed by atoms with van der Waals surface area (Å²) < 4.78 is 55.6. The molecular formula is C88H80F2O6. The maximum absolute atomic E-state index is 15.4. The molecule has 0 aromatic heterocycles. The Labute approximate surface area is 563 Å². The summed E-state index contributed by atoms with van der Waals surface area (Å²) in [5, 5.41) is 3.20. The van der Waals surface area contributed by atoms with Crippen LogP contribution in [0.2, 0.25) is 0 Å². The van der Waals surface area contributed by atoms with Crippen molar-refractivity contribution in [2.24, 2.45) is 0 Å². The lowest BCUT2D eigenvalue weighted by Crippen LogP contribution is -2.11. The maximum Gasteiger partial charge on any atom is 0.343 e. The number of halogens is 2. The van der Waals surface area contributed by atoms with Crippen LogP contribution in [0.5, 0.6) is 23.0 Å². The summed E-state index contributed by atoms with van der Waals surface area (Å²) in [6.07, 6.45) is 12.5. The van der Waals surface area contributed by atoms with E-state index >= 15 is 8.78 Å². The molecule has 96 heavy (non-hydrogen) atoms. The van der Waals surface area contributed by atoms with Crippen molar-refractivity contribution in [1.29, 1.82) is 0 Å². The zero-order valence-corrected chi connectivity index (χ0v) is 55.2. The van der Waals surface area contributed by atoms with Crippen molar-refractivity contribution in [1.82, 2.24) is 0 Å². The number of aryl methyl sites for hydroxylation is 2. The lowest BCUT2D eigenvalue weighted by Gasteiger charge is -2.20. The molecule has 482 valence electrons. The van der Waals surface area contributed by atoms with Crippen LogP contribution in [0, 0.1) is 11.6 Å². The molecule has 0 bridgehead atoms. The van der Waals surface area contributed by atoms with E-state index in [0.717, 1.165) is 143 Å². The van der Waals surface area contributed by atoms with Gasteiger partial charge in [-0.15, -0.1) is 0 Å². The van der Waals surface area contributed by atoms with Gasteiger partial charge in [0.1, 0.15) is 11.5 Å². The second-order valence-corrected chi connectivity index (χ2v) is 24.8. The van der Waals surface area contributed by atoms with E-state index in [9.17, 15) is 9.59 Å². The summed E-state index contributed by atoms with van der Waals surface area (Å²) in [4.78, 5) is 29.5. The third-order valence-electron chi connectivity index (χ3n) is 18.0. The molecule has 0 aliphatic carbocycles. The van der Waals surface area contributed by atoms with Crippen LogP contribution in [0.4, 0.5) is 8.78 Å². The maximum atomic E-state index is 15.4. The average Bonchev–Trinajstić information content (AvgIpc) is 0.744. The highest BCUT2D eigenvalue weighted by Gasteiger charge is 2.25. The fourth-order valence-corrected chi connectivity index (χ4v) is 12.6. The van der Waals surface area contributed by atoms with Gasteiger partial charge in [0, 0.05) is 11.1 Å². The molecule has 0 heterocycles. The summed E-state index contributed by atoms with van der Waals surface area (Å²) in [6.45, 7) is 9.57. The van der Waals surface area contributed by atoms with Crippen LogP contribution in [0.1, 0.15) is 124 Å². The van der Waals surface area contributed by atoms with E-state index in [1.54, 1.807) is 72.8 Å². The normalized spacial score (nSPS) is 11.3. The summed E-state index contributed by atoms with van der Waals surface area (Å²) in [6, 6.07) is 78.4. The van der Waals surface area contributed by atoms with E-state index in [1.807, 2.05) is 36.4 Å². The molecule has 0 unspecified atom stereocenters. The molecule has 12 aromatic carbocycles. The van der Waals surface area contributed by atoms with Crippen LogP contribution < -0.4 is 18.9 Å². The Morgan fingerprint density at radius 1 is 0.292 bits per heavy atom. The van der Waals surface area contributed by atoms with Crippen molar-refractivity contribution in [3.05, 3.63) is 277 Å². The molecule has 0 radical (unpaired) electrons. The summed E-state index contributed by atoms with van der Waals surface area (Å²) >= 11 is 0. The lowest BCUT2D eigenvalue weighted by molar-refractivity contribution is 0.0723. The highest BCUT2D eigenvalue weighted by molar-refractivity contribution is 6.12. The zero-order valence-electron chi connectivity index (χ0n) is 55.2. The van der Waals surface area contributed by atoms with Crippen LogP contribution in [0.25, 0.3) is 99.4 Å². The first kappa shape index (κ1) is 65.6. The molecule has 0 saturated heterocycles. The van der Waals surface area contributed by atoms with Gasteiger partial charge in [-0.3, -0.25) is 0 Å². The summed E-state index contributed by atoms with van der Waals surface area (Å²) in [5.41, 5.74) is 15.5. The number of fused-ring (bicyclic) bond motifs is 2. The van der Waals surface area contributed by atoms with Crippen molar-refractivity contribution in [2.75, 3.05) is 13.2 Å². The van der Waals surface area contributed by atoms with Gasteiger partial charge in [0.25, 0.3) is 0 Å². The first-order valence-electron chi connectivity index (χ1n) is 34.1. The smallest absolute Gasteiger partial charge is 0.343 e. The van der Waals surface area contributed by atoms with Crippen molar-refractivity contribution in [2.45, 2.75) is 105 Å². The van der Waals surface area contributed by atoms with Gasteiger partial charge in [0.05, 0.1) is 24.3 Å². The monoisotopic (exact) mass is 1270 g/mol. The predicted molar refractivity (Wildman–Crippen MR) is 389 cm³/mol. The topological polar surface area (TPSA) is 71.1 Å². The van der Waals surface area contributed by atoms with Gasteiger partial charge in [-0.2, -0.15) is 0 Å². The molecule has 0 N–H and O–H groups in total. The highest BCUT2D eigenvalue weighted by atomic mass is 19.1. The quantitative estimate of drug-likeness (QED) is 0.0290. The molecule has 12 rings (SSSR count). The number of esters is 2. The van der Waals surface area contributed by atoms with Crippen LogP contribution in [0.15, 0.2) is 243 Å². The van der Waals surface area contributed by atoms with Crippen LogP contribution in [-0.4, -0.2) is 25.2 Å². The standard InChI is InChI=1S/C88H80F2O6/c1-5-9-11-13-53-93-81-49-43-73(57-79(81)89)67-33-37-69(38-34-67)87(91)95-83-51-45-75-55-71(65-29-25-63(26-30-65)61-21-17-59(15-7-3)18-22-61)41-47-77(75)85(83)86-78-48-42-72(66-31-27-64(28-32-66)62-23-19-60(16-8-4)20-24-62)56-76(78)46-52-84(86)96-88(92)70-39-35-68(36-40-70)74-44-50-82(80(90)58-74)94-54-14-12-10-6-2/h17-52,55-58H,5-16,53-54H2,1-4H3. The van der Waals surface area contributed by atoms with E-state index in [1.165, 1.54) is 23.3 Å². The van der Waals surface area contributed by atoms with E-state index in [2.05, 4.69) is 149 Å². The van der Waals surface area contributed by atoms with Crippen molar-refractivity contribution < 1.29 is 37.3 Å². The number of unbranched alkanes of at least 4 members (excludes halogenated alkanes) is 6. The van der Waals surface area contributed by atoms with Gasteiger partial charge in [0.15, 0.2) is 23.1 Å². The number of hydrogen-bond acceptors (Lipinski definition) is 6. The van der Waals surface area contributed by atoms with Gasteiger partial charge in [-0.05, 0) is 198 Å². The SMILES string of the molecule is CCCCCCOc1ccc(-c2ccc(C(=O)Oc3ccc4cc(-c5ccc(-c6ccc(CCC)cc6)cc5)ccc4c3-c3c(OC(=O)c4ccc(-c5ccc(OCCCCCC)c(F)c5)cc4)ccc4cc(-c5ccc(-c6ccc(CCC)cc6)cc5)ccc34)cc2)cc1F. The molecular weight excluding hydrogens is 1190 g/mol. The molecule has 0 aliphatic rings. The first-order valence-corrected chi connectivity index (χ1v) is 34.1. The van der Waals surface area contributed by atoms with E-state index in [0.29, 0.717) is 46.6 Å². The van der Waals surface area contributed by atoms with Crippen molar-refractivity contribution in [3.8, 4) is 101 Å². The van der Waals surface area contributed by atoms with Gasteiger partial charge < -0.3 is 18.9 Å². The van der Waals surface area contributed by atoms with Crippen LogP contribution >= 0.6 is 0 Å². The number of rotatable bonds is 27. The fourth-order valence-electron chi connectivity index (χ4n) is 12.6. The average molecular weight is 1270 g/mol. The van der Waals surface area contributed by atoms with E-state index in [-0.39, 0.29) is 34.1 Å². The molecule has 0 amide bonds. The number of benzene rings is 12. The largest absolute Gasteiger partial charge is 0.491 e. The minimum Gasteiger partial charge on any atom is -0.491 e. The van der Waals surface area contributed by atoms with E-state index in [4.69, 9.17) is 18.9 Å². The lowest BCUT2D eigenvalue weighted by atomic mass is 9.89. The Morgan fingerprint density at radius 3 is 0.917 bits per heavy atom. The number of ether oxygens (including phenoxy) is 4. The fraction of sp³-hybridized carbons (Fsp3) is 0.205. The molecule has 8 heteroatoms. The second kappa shape index (κ2) is 31.2. The predicted octanol–water partition coefficient (Wildman–Crippen LogP) is 24.2.